The standard InChI is InChI=1S/C24H32N2O7S/c1-7-32-17-8-10-18(11-9-17)34(28,29)25-20-13-22(31-6)21(30-5)12-19(20)23(27)26-14-16(2)33-24(3,4)15-26/h8-13,16,25H,7,14-15H2,1-6H3. The summed E-state index contributed by atoms with van der Waals surface area (Å²) in [6.45, 7) is 8.76. The summed E-state index contributed by atoms with van der Waals surface area (Å²) in [5, 5.41) is 0. The number of sulfonamides is 1. The van der Waals surface area contributed by atoms with Gasteiger partial charge in [-0.2, -0.15) is 0 Å². The molecule has 1 aliphatic rings. The van der Waals surface area contributed by atoms with Gasteiger partial charge in [-0.1, -0.05) is 0 Å². The Labute approximate surface area is 201 Å². The second-order valence-corrected chi connectivity index (χ2v) is 10.3. The summed E-state index contributed by atoms with van der Waals surface area (Å²) >= 11 is 0. The number of carbonyl (C=O) groups is 1. The fraction of sp³-hybridized carbons (Fsp3) is 0.458. The molecule has 1 aliphatic heterocycles. The van der Waals surface area contributed by atoms with Gasteiger partial charge in [0.15, 0.2) is 11.5 Å². The van der Waals surface area contributed by atoms with E-state index >= 15 is 0 Å². The number of ether oxygens (including phenoxy) is 4. The molecule has 1 heterocycles. The maximum atomic E-state index is 13.6. The first-order valence-electron chi connectivity index (χ1n) is 11.0. The highest BCUT2D eigenvalue weighted by Crippen LogP contribution is 2.36. The largest absolute Gasteiger partial charge is 0.494 e. The molecule has 1 unspecified atom stereocenters. The lowest BCUT2D eigenvalue weighted by Crippen LogP contribution is -2.53. The minimum Gasteiger partial charge on any atom is -0.494 e. The molecule has 1 atom stereocenters. The zero-order chi connectivity index (χ0) is 25.1. The molecule has 0 saturated carbocycles. The van der Waals surface area contributed by atoms with Crippen LogP contribution in [-0.4, -0.2) is 64.8 Å². The van der Waals surface area contributed by atoms with Crippen molar-refractivity contribution in [2.75, 3.05) is 38.6 Å². The summed E-state index contributed by atoms with van der Waals surface area (Å²) in [7, 11) is -1.11. The molecular weight excluding hydrogens is 460 g/mol. The number of hydrogen-bond acceptors (Lipinski definition) is 7. The Hall–Kier alpha value is -2.98. The quantitative estimate of drug-likeness (QED) is 0.601. The van der Waals surface area contributed by atoms with Gasteiger partial charge in [-0.3, -0.25) is 9.52 Å². The molecule has 2 aromatic carbocycles. The van der Waals surface area contributed by atoms with Gasteiger partial charge in [0.1, 0.15) is 5.75 Å². The number of rotatable bonds is 8. The van der Waals surface area contributed by atoms with Crippen molar-refractivity contribution in [3.63, 3.8) is 0 Å². The van der Waals surface area contributed by atoms with E-state index < -0.39 is 15.6 Å². The molecule has 2 aromatic rings. The normalized spacial score (nSPS) is 17.7. The average molecular weight is 493 g/mol. The first-order chi connectivity index (χ1) is 16.0. The molecular formula is C24H32N2O7S. The van der Waals surface area contributed by atoms with Crippen LogP contribution in [-0.2, 0) is 14.8 Å². The van der Waals surface area contributed by atoms with Gasteiger partial charge in [0.2, 0.25) is 0 Å². The van der Waals surface area contributed by atoms with Gasteiger partial charge < -0.3 is 23.8 Å². The van der Waals surface area contributed by atoms with Gasteiger partial charge in [-0.05, 0) is 58.0 Å². The van der Waals surface area contributed by atoms with Crippen molar-refractivity contribution in [3.05, 3.63) is 42.0 Å². The molecule has 3 rings (SSSR count). The number of carbonyl (C=O) groups excluding carboxylic acids is 1. The van der Waals surface area contributed by atoms with E-state index in [2.05, 4.69) is 4.72 Å². The van der Waals surface area contributed by atoms with Gasteiger partial charge in [-0.15, -0.1) is 0 Å². The maximum absolute atomic E-state index is 13.6. The molecule has 34 heavy (non-hydrogen) atoms. The van der Waals surface area contributed by atoms with E-state index in [0.717, 1.165) is 0 Å². The van der Waals surface area contributed by atoms with E-state index in [9.17, 15) is 13.2 Å². The fourth-order valence-corrected chi connectivity index (χ4v) is 5.08. The van der Waals surface area contributed by atoms with Crippen molar-refractivity contribution >= 4 is 21.6 Å². The molecule has 1 amide bonds. The highest BCUT2D eigenvalue weighted by atomic mass is 32.2. The zero-order valence-corrected chi connectivity index (χ0v) is 21.2. The number of amides is 1. The number of nitrogens with one attached hydrogen (secondary N) is 1. The number of benzene rings is 2. The van der Waals surface area contributed by atoms with Crippen LogP contribution in [0.4, 0.5) is 5.69 Å². The predicted molar refractivity (Wildman–Crippen MR) is 128 cm³/mol. The van der Waals surface area contributed by atoms with Gasteiger partial charge in [0.25, 0.3) is 15.9 Å². The first kappa shape index (κ1) is 25.6. The van der Waals surface area contributed by atoms with Crippen LogP contribution in [0.25, 0.3) is 0 Å². The molecule has 1 N–H and O–H groups in total. The van der Waals surface area contributed by atoms with Crippen LogP contribution in [0.5, 0.6) is 17.2 Å². The van der Waals surface area contributed by atoms with E-state index in [-0.39, 0.29) is 28.2 Å². The molecule has 1 fully saturated rings. The molecule has 0 aromatic heterocycles. The minimum absolute atomic E-state index is 0.0327. The lowest BCUT2D eigenvalue weighted by atomic mass is 10.0. The summed E-state index contributed by atoms with van der Waals surface area (Å²) in [5.74, 6) is 0.829. The summed E-state index contributed by atoms with van der Waals surface area (Å²) in [4.78, 5) is 15.3. The fourth-order valence-electron chi connectivity index (χ4n) is 4.00. The Morgan fingerprint density at radius 2 is 1.76 bits per heavy atom. The van der Waals surface area contributed by atoms with Crippen LogP contribution in [0, 0.1) is 0 Å². The van der Waals surface area contributed by atoms with Crippen molar-refractivity contribution in [3.8, 4) is 17.2 Å². The van der Waals surface area contributed by atoms with Gasteiger partial charge in [-0.25, -0.2) is 8.42 Å². The average Bonchev–Trinajstić information content (AvgIpc) is 2.77. The van der Waals surface area contributed by atoms with Crippen LogP contribution < -0.4 is 18.9 Å². The monoisotopic (exact) mass is 492 g/mol. The lowest BCUT2D eigenvalue weighted by Gasteiger charge is -2.41. The number of morpholine rings is 1. The third kappa shape index (κ3) is 5.74. The predicted octanol–water partition coefficient (Wildman–Crippen LogP) is 3.54. The van der Waals surface area contributed by atoms with Gasteiger partial charge in [0, 0.05) is 19.2 Å². The third-order valence-corrected chi connectivity index (χ3v) is 6.68. The highest BCUT2D eigenvalue weighted by molar-refractivity contribution is 7.92. The van der Waals surface area contributed by atoms with Crippen LogP contribution in [0.2, 0.25) is 0 Å². The van der Waals surface area contributed by atoms with E-state index in [4.69, 9.17) is 18.9 Å². The Bertz CT molecular complexity index is 1130. The Kier molecular flexibility index (Phi) is 7.62. The number of anilines is 1. The second kappa shape index (κ2) is 10.1. The van der Waals surface area contributed by atoms with Crippen LogP contribution in [0.15, 0.2) is 41.3 Å². The summed E-state index contributed by atoms with van der Waals surface area (Å²) in [5.41, 5.74) is -0.295. The maximum Gasteiger partial charge on any atom is 0.261 e. The minimum atomic E-state index is -4.01. The van der Waals surface area contributed by atoms with Crippen LogP contribution in [0.1, 0.15) is 38.1 Å². The Balaban J connectivity index is 2.01. The molecule has 0 bridgehead atoms. The smallest absolute Gasteiger partial charge is 0.261 e. The number of methoxy groups -OCH3 is 2. The van der Waals surface area contributed by atoms with Crippen molar-refractivity contribution in [1.29, 1.82) is 0 Å². The highest BCUT2D eigenvalue weighted by Gasteiger charge is 2.35. The molecule has 10 heteroatoms. The van der Waals surface area contributed by atoms with Crippen molar-refractivity contribution in [2.45, 2.75) is 44.3 Å². The molecule has 1 saturated heterocycles. The van der Waals surface area contributed by atoms with Crippen LogP contribution in [0.3, 0.4) is 0 Å². The molecule has 186 valence electrons. The zero-order valence-electron chi connectivity index (χ0n) is 20.4. The number of nitrogens with zero attached hydrogens (tertiary/aromatic N) is 1. The van der Waals surface area contributed by atoms with Crippen LogP contribution >= 0.6 is 0 Å². The number of hydrogen-bond donors (Lipinski definition) is 1. The van der Waals surface area contributed by atoms with Gasteiger partial charge in [0.05, 0.1) is 48.7 Å². The molecule has 9 nitrogen and oxygen atoms in total. The third-order valence-electron chi connectivity index (χ3n) is 5.30. The van der Waals surface area contributed by atoms with E-state index in [1.165, 1.54) is 38.5 Å². The van der Waals surface area contributed by atoms with E-state index in [1.54, 1.807) is 17.0 Å². The van der Waals surface area contributed by atoms with Gasteiger partial charge >= 0.3 is 0 Å². The Morgan fingerprint density at radius 3 is 2.32 bits per heavy atom. The Morgan fingerprint density at radius 1 is 1.15 bits per heavy atom. The SMILES string of the molecule is CCOc1ccc(S(=O)(=O)Nc2cc(OC)c(OC)cc2C(=O)N2CC(C)OC(C)(C)C2)cc1. The van der Waals surface area contributed by atoms with Crippen molar-refractivity contribution < 1.29 is 32.2 Å². The van der Waals surface area contributed by atoms with E-state index in [0.29, 0.717) is 36.9 Å². The van der Waals surface area contributed by atoms with Crippen molar-refractivity contribution in [2.24, 2.45) is 0 Å². The second-order valence-electron chi connectivity index (χ2n) is 8.64. The summed E-state index contributed by atoms with van der Waals surface area (Å²) in [6, 6.07) is 8.99. The van der Waals surface area contributed by atoms with Crippen molar-refractivity contribution in [1.82, 2.24) is 4.90 Å². The topological polar surface area (TPSA) is 103 Å². The lowest BCUT2D eigenvalue weighted by molar-refractivity contribution is -0.118. The first-order valence-corrected chi connectivity index (χ1v) is 12.5. The molecule has 0 spiro atoms. The van der Waals surface area contributed by atoms with E-state index in [1.807, 2.05) is 27.7 Å². The molecule has 0 radical (unpaired) electrons. The molecule has 0 aliphatic carbocycles. The summed E-state index contributed by atoms with van der Waals surface area (Å²) in [6.07, 6.45) is -0.170. The summed E-state index contributed by atoms with van der Waals surface area (Å²) < 4.78 is 50.9.